The number of hydrogen-bond donors (Lipinski definition) is 1. The van der Waals surface area contributed by atoms with Gasteiger partial charge in [-0.25, -0.2) is 0 Å². The Kier molecular flexibility index (Phi) is 1.02. The van der Waals surface area contributed by atoms with Crippen LogP contribution in [0.4, 0.5) is 0 Å². The maximum absolute atomic E-state index is 4.22. The fourth-order valence-electron chi connectivity index (χ4n) is 2.70. The minimum absolute atomic E-state index is 0.117. The molecule has 0 radical (unpaired) electrons. The van der Waals surface area contributed by atoms with Crippen LogP contribution in [-0.4, -0.2) is 18.2 Å². The van der Waals surface area contributed by atoms with E-state index in [9.17, 15) is 0 Å². The van der Waals surface area contributed by atoms with Gasteiger partial charge in [0.05, 0.1) is 0 Å². The van der Waals surface area contributed by atoms with Gasteiger partial charge in [-0.15, -0.1) is 0 Å². The second kappa shape index (κ2) is 1.83. The topological polar surface area (TPSA) is 36.8 Å². The molecule has 1 aliphatic carbocycles. The number of piperidine rings is 1. The fourth-order valence-corrected chi connectivity index (χ4v) is 2.70. The molecule has 2 heterocycles. The Labute approximate surface area is 66.3 Å². The Bertz CT molecular complexity index is 205. The normalized spacial score (nSPS) is 44.4. The molecule has 3 aliphatic rings. The van der Waals surface area contributed by atoms with E-state index in [0.29, 0.717) is 0 Å². The van der Waals surface area contributed by atoms with Gasteiger partial charge in [0, 0.05) is 18.4 Å². The number of nitrogens with one attached hydrogen (secondary N) is 1. The van der Waals surface area contributed by atoms with Crippen molar-refractivity contribution in [2.75, 3.05) is 6.54 Å². The number of nitrogens with zero attached hydrogens (tertiary/aromatic N) is 2. The zero-order valence-corrected chi connectivity index (χ0v) is 6.58. The van der Waals surface area contributed by atoms with Crippen LogP contribution < -0.4 is 5.32 Å². The summed E-state index contributed by atoms with van der Waals surface area (Å²) >= 11 is 0. The van der Waals surface area contributed by atoms with Gasteiger partial charge in [0.1, 0.15) is 0 Å². The Morgan fingerprint density at radius 1 is 1.27 bits per heavy atom. The van der Waals surface area contributed by atoms with Gasteiger partial charge in [-0.2, -0.15) is 10.2 Å². The van der Waals surface area contributed by atoms with Crippen LogP contribution in [0.25, 0.3) is 0 Å². The van der Waals surface area contributed by atoms with Gasteiger partial charge < -0.3 is 5.32 Å². The Morgan fingerprint density at radius 3 is 3.00 bits per heavy atom. The molecule has 1 saturated heterocycles. The third kappa shape index (κ3) is 0.719. The Balaban J connectivity index is 1.86. The molecule has 0 amide bonds. The molecule has 1 saturated carbocycles. The third-order valence-electron chi connectivity index (χ3n) is 3.37. The van der Waals surface area contributed by atoms with E-state index in [4.69, 9.17) is 0 Å². The molecule has 3 heteroatoms. The van der Waals surface area contributed by atoms with E-state index < -0.39 is 0 Å². The Hall–Kier alpha value is -0.440. The fraction of sp³-hybridized carbons (Fsp3) is 1.00. The first-order chi connectivity index (χ1) is 5.41. The highest BCUT2D eigenvalue weighted by molar-refractivity contribution is 5.08. The van der Waals surface area contributed by atoms with Crippen molar-refractivity contribution in [2.24, 2.45) is 16.1 Å². The van der Waals surface area contributed by atoms with Gasteiger partial charge in [0.2, 0.25) is 0 Å². The number of fused-ring (bicyclic) bond motifs is 2. The lowest BCUT2D eigenvalue weighted by Gasteiger charge is -2.31. The molecule has 1 N–H and O–H groups in total. The Morgan fingerprint density at radius 2 is 2.18 bits per heavy atom. The summed E-state index contributed by atoms with van der Waals surface area (Å²) in [4.78, 5) is 0. The molecule has 2 aliphatic heterocycles. The van der Waals surface area contributed by atoms with Crippen LogP contribution in [-0.2, 0) is 0 Å². The van der Waals surface area contributed by atoms with Gasteiger partial charge in [0.25, 0.3) is 0 Å². The minimum atomic E-state index is 0.117. The van der Waals surface area contributed by atoms with Gasteiger partial charge in [-0.1, -0.05) is 6.42 Å². The third-order valence-corrected chi connectivity index (χ3v) is 3.37. The molecular weight excluding hydrogens is 138 g/mol. The van der Waals surface area contributed by atoms with Crippen molar-refractivity contribution >= 4 is 0 Å². The SMILES string of the molecule is C1CC2NCCC3(N=N3)C2C1. The van der Waals surface area contributed by atoms with Crippen molar-refractivity contribution in [3.8, 4) is 0 Å². The van der Waals surface area contributed by atoms with Gasteiger partial charge in [-0.05, 0) is 19.4 Å². The van der Waals surface area contributed by atoms with Crippen LogP contribution in [0.1, 0.15) is 25.7 Å². The lowest BCUT2D eigenvalue weighted by molar-refractivity contribution is 0.242. The van der Waals surface area contributed by atoms with Gasteiger partial charge in [-0.3, -0.25) is 0 Å². The summed E-state index contributed by atoms with van der Waals surface area (Å²) in [5, 5.41) is 12.0. The smallest absolute Gasteiger partial charge is 0.196 e. The minimum Gasteiger partial charge on any atom is -0.313 e. The molecule has 2 atom stereocenters. The molecule has 0 bridgehead atoms. The average Bonchev–Trinajstić information content (AvgIpc) is 2.63. The highest BCUT2D eigenvalue weighted by Gasteiger charge is 2.54. The molecule has 11 heavy (non-hydrogen) atoms. The van der Waals surface area contributed by atoms with E-state index in [0.717, 1.165) is 24.9 Å². The van der Waals surface area contributed by atoms with E-state index in [2.05, 4.69) is 15.5 Å². The first-order valence-corrected chi connectivity index (χ1v) is 4.58. The van der Waals surface area contributed by atoms with Gasteiger partial charge in [0.15, 0.2) is 5.66 Å². The molecule has 1 spiro atoms. The summed E-state index contributed by atoms with van der Waals surface area (Å²) in [7, 11) is 0. The van der Waals surface area contributed by atoms with Crippen molar-refractivity contribution < 1.29 is 0 Å². The summed E-state index contributed by atoms with van der Waals surface area (Å²) in [6.07, 6.45) is 5.20. The predicted molar refractivity (Wildman–Crippen MR) is 41.3 cm³/mol. The monoisotopic (exact) mass is 151 g/mol. The highest BCUT2D eigenvalue weighted by atomic mass is 15.5. The first-order valence-electron chi connectivity index (χ1n) is 4.58. The molecule has 0 aromatic carbocycles. The van der Waals surface area contributed by atoms with E-state index >= 15 is 0 Å². The second-order valence-corrected chi connectivity index (χ2v) is 3.93. The van der Waals surface area contributed by atoms with E-state index in [1.54, 1.807) is 0 Å². The van der Waals surface area contributed by atoms with Crippen LogP contribution in [0.3, 0.4) is 0 Å². The second-order valence-electron chi connectivity index (χ2n) is 3.93. The molecular formula is C8H13N3. The molecule has 3 rings (SSSR count). The van der Waals surface area contributed by atoms with E-state index in [1.807, 2.05) is 0 Å². The average molecular weight is 151 g/mol. The van der Waals surface area contributed by atoms with Crippen LogP contribution in [0.15, 0.2) is 10.2 Å². The maximum Gasteiger partial charge on any atom is 0.196 e. The predicted octanol–water partition coefficient (Wildman–Crippen LogP) is 1.31. The lowest BCUT2D eigenvalue weighted by Crippen LogP contribution is -2.47. The van der Waals surface area contributed by atoms with Gasteiger partial charge >= 0.3 is 0 Å². The number of hydrogen-bond acceptors (Lipinski definition) is 3. The van der Waals surface area contributed by atoms with Crippen molar-refractivity contribution in [3.63, 3.8) is 0 Å². The van der Waals surface area contributed by atoms with Crippen LogP contribution in [0, 0.1) is 5.92 Å². The van der Waals surface area contributed by atoms with E-state index in [-0.39, 0.29) is 5.66 Å². The van der Waals surface area contributed by atoms with Crippen LogP contribution in [0.5, 0.6) is 0 Å². The molecule has 3 nitrogen and oxygen atoms in total. The molecule has 2 unspecified atom stereocenters. The summed E-state index contributed by atoms with van der Waals surface area (Å²) < 4.78 is 0. The zero-order chi connectivity index (χ0) is 7.31. The number of rotatable bonds is 0. The van der Waals surface area contributed by atoms with Crippen molar-refractivity contribution in [2.45, 2.75) is 37.4 Å². The van der Waals surface area contributed by atoms with Crippen molar-refractivity contribution in [1.82, 2.24) is 5.32 Å². The summed E-state index contributed by atoms with van der Waals surface area (Å²) in [5.41, 5.74) is 0.117. The first kappa shape index (κ1) is 6.12. The van der Waals surface area contributed by atoms with Crippen molar-refractivity contribution in [1.29, 1.82) is 0 Å². The summed E-state index contributed by atoms with van der Waals surface area (Å²) in [6, 6.07) is 0.735. The standard InChI is InChI=1S/C8H13N3/c1-2-6-7(3-1)9-5-4-8(6)10-11-8/h6-7,9H,1-5H2. The lowest BCUT2D eigenvalue weighted by atomic mass is 9.85. The highest BCUT2D eigenvalue weighted by Crippen LogP contribution is 2.49. The van der Waals surface area contributed by atoms with Crippen LogP contribution >= 0.6 is 0 Å². The van der Waals surface area contributed by atoms with E-state index in [1.165, 1.54) is 19.3 Å². The quantitative estimate of drug-likeness (QED) is 0.556. The molecule has 60 valence electrons. The van der Waals surface area contributed by atoms with Crippen molar-refractivity contribution in [3.05, 3.63) is 0 Å². The largest absolute Gasteiger partial charge is 0.313 e. The van der Waals surface area contributed by atoms with Crippen LogP contribution in [0.2, 0.25) is 0 Å². The summed E-state index contributed by atoms with van der Waals surface area (Å²) in [5.74, 6) is 0.747. The molecule has 0 aromatic heterocycles. The summed E-state index contributed by atoms with van der Waals surface area (Å²) in [6.45, 7) is 1.12. The molecule has 0 aromatic rings. The molecule has 2 fully saturated rings. The zero-order valence-electron chi connectivity index (χ0n) is 6.58. The maximum atomic E-state index is 4.22.